The zero-order valence-corrected chi connectivity index (χ0v) is 28.4. The molecule has 2 aliphatic rings. The molecule has 2 rings (SSSR count). The van der Waals surface area contributed by atoms with Gasteiger partial charge in [0.05, 0.1) is 0 Å². The third-order valence-electron chi connectivity index (χ3n) is 8.89. The molecule has 2 fully saturated rings. The summed E-state index contributed by atoms with van der Waals surface area (Å²) in [4.78, 5) is 48.3. The standard InChI is InChI=1S/C40H52O4/c1-27(17-13-19-29(3)21-23-33-31(5)37(43)35(41)25-39(33,7)8)15-11-12-16-28(2)18-14-20-30(4)22-24-34-32(6)38(44)36(42)26-40(34,9)10/h11-24,31-34H,25-26H2,1-10H3/b12-11+,17-13+,18-14+,23-21+,24-22+,27-15+,28-16+,29-19+,30-20+. The Kier molecular flexibility index (Phi) is 13.2. The van der Waals surface area contributed by atoms with E-state index in [1.807, 2.05) is 76.3 Å². The van der Waals surface area contributed by atoms with E-state index in [1.165, 1.54) is 0 Å². The molecule has 44 heavy (non-hydrogen) atoms. The molecule has 0 aromatic heterocycles. The lowest BCUT2D eigenvalue weighted by molar-refractivity contribution is -0.145. The van der Waals surface area contributed by atoms with Gasteiger partial charge in [-0.05, 0) is 50.4 Å². The minimum atomic E-state index is -0.287. The number of rotatable bonds is 10. The lowest BCUT2D eigenvalue weighted by atomic mass is 9.63. The molecule has 0 N–H and O–H groups in total. The van der Waals surface area contributed by atoms with Crippen LogP contribution in [-0.2, 0) is 19.2 Å². The van der Waals surface area contributed by atoms with Gasteiger partial charge in [0, 0.05) is 24.7 Å². The van der Waals surface area contributed by atoms with Crippen molar-refractivity contribution in [2.75, 3.05) is 0 Å². The SMILES string of the molecule is CC(/C=C/C=C(C)/C=C/C1C(C)C(=O)C(=O)CC1(C)C)=C\C=C\C=C(C)\C=C\C=C(C)\C=C\C1C(C)C(=O)C(=O)CC1(C)C. The molecule has 0 bridgehead atoms. The summed E-state index contributed by atoms with van der Waals surface area (Å²) in [6.07, 6.45) is 29.2. The maximum absolute atomic E-state index is 12.2. The van der Waals surface area contributed by atoms with E-state index < -0.39 is 0 Å². The van der Waals surface area contributed by atoms with E-state index in [-0.39, 0.29) is 57.6 Å². The highest BCUT2D eigenvalue weighted by atomic mass is 16.2. The first-order chi connectivity index (χ1) is 20.5. The van der Waals surface area contributed by atoms with E-state index in [0.717, 1.165) is 22.3 Å². The Balaban J connectivity index is 1.91. The van der Waals surface area contributed by atoms with Crippen LogP contribution in [-0.4, -0.2) is 23.1 Å². The molecular weight excluding hydrogens is 544 g/mol. The lowest BCUT2D eigenvalue weighted by Crippen LogP contribution is -2.43. The van der Waals surface area contributed by atoms with Gasteiger partial charge >= 0.3 is 0 Å². The predicted octanol–water partition coefficient (Wildman–Crippen LogP) is 9.19. The summed E-state index contributed by atoms with van der Waals surface area (Å²) in [6, 6.07) is 0. The summed E-state index contributed by atoms with van der Waals surface area (Å²) in [5.41, 5.74) is 3.96. The van der Waals surface area contributed by atoms with Crippen molar-refractivity contribution in [3.05, 3.63) is 107 Å². The van der Waals surface area contributed by atoms with E-state index in [1.54, 1.807) is 0 Å². The van der Waals surface area contributed by atoms with Crippen LogP contribution in [0.4, 0.5) is 0 Å². The number of hydrogen-bond acceptors (Lipinski definition) is 4. The average Bonchev–Trinajstić information content (AvgIpc) is 2.92. The van der Waals surface area contributed by atoms with Crippen LogP contribution in [0.2, 0.25) is 0 Å². The Morgan fingerprint density at radius 3 is 1.16 bits per heavy atom. The zero-order valence-electron chi connectivity index (χ0n) is 28.4. The topological polar surface area (TPSA) is 68.3 Å². The maximum Gasteiger partial charge on any atom is 0.201 e. The molecule has 0 aliphatic heterocycles. The van der Waals surface area contributed by atoms with E-state index in [9.17, 15) is 19.2 Å². The number of allylic oxidation sites excluding steroid dienone is 18. The van der Waals surface area contributed by atoms with Gasteiger partial charge in [-0.1, -0.05) is 149 Å². The summed E-state index contributed by atoms with van der Waals surface area (Å²) >= 11 is 0. The predicted molar refractivity (Wildman–Crippen MR) is 183 cm³/mol. The van der Waals surface area contributed by atoms with E-state index in [2.05, 4.69) is 78.0 Å². The van der Waals surface area contributed by atoms with Crippen molar-refractivity contribution in [1.82, 2.24) is 0 Å². The molecule has 0 aromatic carbocycles. The van der Waals surface area contributed by atoms with Crippen LogP contribution in [0.15, 0.2) is 107 Å². The first kappa shape index (κ1) is 36.5. The van der Waals surface area contributed by atoms with Crippen molar-refractivity contribution < 1.29 is 19.2 Å². The fourth-order valence-electron chi connectivity index (χ4n) is 6.13. The van der Waals surface area contributed by atoms with Crippen molar-refractivity contribution in [3.8, 4) is 0 Å². The Labute approximate surface area is 265 Å². The molecule has 2 saturated carbocycles. The fourth-order valence-corrected chi connectivity index (χ4v) is 6.13. The summed E-state index contributed by atoms with van der Waals surface area (Å²) in [5.74, 6) is -1.48. The van der Waals surface area contributed by atoms with Gasteiger partial charge in [0.1, 0.15) is 0 Å². The highest BCUT2D eigenvalue weighted by Gasteiger charge is 2.45. The third kappa shape index (κ3) is 10.5. The van der Waals surface area contributed by atoms with Crippen molar-refractivity contribution in [1.29, 1.82) is 0 Å². The highest BCUT2D eigenvalue weighted by Crippen LogP contribution is 2.43. The second-order valence-electron chi connectivity index (χ2n) is 14.0. The molecular formula is C40H52O4. The van der Waals surface area contributed by atoms with E-state index in [0.29, 0.717) is 12.8 Å². The van der Waals surface area contributed by atoms with Crippen LogP contribution < -0.4 is 0 Å². The molecule has 236 valence electrons. The molecule has 0 heterocycles. The quantitative estimate of drug-likeness (QED) is 0.186. The number of carbonyl (C=O) groups excluding carboxylic acids is 4. The summed E-state index contributed by atoms with van der Waals surface area (Å²) in [5, 5.41) is 0. The lowest BCUT2D eigenvalue weighted by Gasteiger charge is -2.39. The number of Topliss-reactive ketones (excluding diaryl/α,β-unsaturated/α-hetero) is 4. The minimum Gasteiger partial charge on any atom is -0.291 e. The first-order valence-corrected chi connectivity index (χ1v) is 15.7. The summed E-state index contributed by atoms with van der Waals surface area (Å²) in [7, 11) is 0. The molecule has 4 heteroatoms. The molecule has 4 unspecified atom stereocenters. The fraction of sp³-hybridized carbons (Fsp3) is 0.450. The van der Waals surface area contributed by atoms with Crippen LogP contribution in [0, 0.1) is 34.5 Å². The van der Waals surface area contributed by atoms with Crippen molar-refractivity contribution in [3.63, 3.8) is 0 Å². The average molecular weight is 597 g/mol. The molecule has 0 radical (unpaired) electrons. The molecule has 0 spiro atoms. The van der Waals surface area contributed by atoms with Gasteiger partial charge in [0.25, 0.3) is 0 Å². The molecule has 2 aliphatic carbocycles. The van der Waals surface area contributed by atoms with E-state index in [4.69, 9.17) is 0 Å². The van der Waals surface area contributed by atoms with E-state index >= 15 is 0 Å². The number of carbonyl (C=O) groups is 4. The van der Waals surface area contributed by atoms with Gasteiger partial charge in [-0.25, -0.2) is 0 Å². The Morgan fingerprint density at radius 1 is 0.523 bits per heavy atom. The maximum atomic E-state index is 12.2. The molecule has 0 amide bonds. The van der Waals surface area contributed by atoms with Crippen LogP contribution >= 0.6 is 0 Å². The van der Waals surface area contributed by atoms with Crippen LogP contribution in [0.3, 0.4) is 0 Å². The van der Waals surface area contributed by atoms with Gasteiger partial charge < -0.3 is 0 Å². The summed E-state index contributed by atoms with van der Waals surface area (Å²) in [6.45, 7) is 20.1. The number of ketones is 4. The second-order valence-corrected chi connectivity index (χ2v) is 14.0. The van der Waals surface area contributed by atoms with Gasteiger partial charge in [-0.2, -0.15) is 0 Å². The zero-order chi connectivity index (χ0) is 33.2. The Bertz CT molecular complexity index is 1290. The third-order valence-corrected chi connectivity index (χ3v) is 8.89. The molecule has 0 aromatic rings. The largest absolute Gasteiger partial charge is 0.291 e. The first-order valence-electron chi connectivity index (χ1n) is 15.7. The minimum absolute atomic E-state index is 0.0416. The van der Waals surface area contributed by atoms with Crippen LogP contribution in [0.25, 0.3) is 0 Å². The molecule has 0 saturated heterocycles. The van der Waals surface area contributed by atoms with Crippen LogP contribution in [0.1, 0.15) is 82.1 Å². The Morgan fingerprint density at radius 2 is 0.818 bits per heavy atom. The van der Waals surface area contributed by atoms with Gasteiger partial charge in [-0.3, -0.25) is 19.2 Å². The number of hydrogen-bond donors (Lipinski definition) is 0. The van der Waals surface area contributed by atoms with Crippen LogP contribution in [0.5, 0.6) is 0 Å². The van der Waals surface area contributed by atoms with Gasteiger partial charge in [0.2, 0.25) is 11.6 Å². The Hall–Kier alpha value is -3.66. The monoisotopic (exact) mass is 596 g/mol. The van der Waals surface area contributed by atoms with Gasteiger partial charge in [-0.15, -0.1) is 0 Å². The molecule has 4 atom stereocenters. The van der Waals surface area contributed by atoms with Crippen molar-refractivity contribution in [2.24, 2.45) is 34.5 Å². The highest BCUT2D eigenvalue weighted by molar-refractivity contribution is 6.39. The summed E-state index contributed by atoms with van der Waals surface area (Å²) < 4.78 is 0. The normalized spacial score (nSPS) is 27.8. The van der Waals surface area contributed by atoms with Crippen molar-refractivity contribution in [2.45, 2.75) is 82.1 Å². The smallest absolute Gasteiger partial charge is 0.201 e. The second kappa shape index (κ2) is 15.9. The van der Waals surface area contributed by atoms with Gasteiger partial charge in [0.15, 0.2) is 11.6 Å². The van der Waals surface area contributed by atoms with Crippen molar-refractivity contribution >= 4 is 23.1 Å². The molecule has 4 nitrogen and oxygen atoms in total.